The second-order valence-corrected chi connectivity index (χ2v) is 7.50. The SMILES string of the molecule is BrCCCCCCCCCCn1c2ccccc2c2ccccc21. The Bertz CT molecular complexity index is 706. The summed E-state index contributed by atoms with van der Waals surface area (Å²) in [4.78, 5) is 0. The van der Waals surface area contributed by atoms with E-state index >= 15 is 0 Å². The van der Waals surface area contributed by atoms with Crippen molar-refractivity contribution < 1.29 is 0 Å². The summed E-state index contributed by atoms with van der Waals surface area (Å²) in [5.74, 6) is 0. The summed E-state index contributed by atoms with van der Waals surface area (Å²) < 4.78 is 2.51. The molecule has 3 aromatic rings. The first-order valence-electron chi connectivity index (χ1n) is 9.44. The van der Waals surface area contributed by atoms with Crippen LogP contribution in [0.5, 0.6) is 0 Å². The number of halogens is 1. The molecule has 0 bridgehead atoms. The van der Waals surface area contributed by atoms with Crippen molar-refractivity contribution in [2.24, 2.45) is 0 Å². The third-order valence-electron chi connectivity index (χ3n) is 4.95. The van der Waals surface area contributed by atoms with E-state index < -0.39 is 0 Å². The van der Waals surface area contributed by atoms with Crippen LogP contribution in [0.25, 0.3) is 21.8 Å². The minimum absolute atomic E-state index is 1.14. The molecule has 2 aromatic carbocycles. The number of rotatable bonds is 10. The molecule has 1 heterocycles. The summed E-state index contributed by atoms with van der Waals surface area (Å²) in [6, 6.07) is 17.6. The summed E-state index contributed by atoms with van der Waals surface area (Å²) in [6.45, 7) is 1.14. The van der Waals surface area contributed by atoms with Crippen LogP contribution in [0.1, 0.15) is 51.4 Å². The molecular formula is C22H28BrN. The van der Waals surface area contributed by atoms with E-state index in [0.717, 1.165) is 11.9 Å². The van der Waals surface area contributed by atoms with Crippen molar-refractivity contribution in [2.75, 3.05) is 5.33 Å². The van der Waals surface area contributed by atoms with E-state index in [-0.39, 0.29) is 0 Å². The van der Waals surface area contributed by atoms with Crippen molar-refractivity contribution >= 4 is 37.7 Å². The van der Waals surface area contributed by atoms with Crippen molar-refractivity contribution in [3.63, 3.8) is 0 Å². The lowest BCUT2D eigenvalue weighted by molar-refractivity contribution is 0.554. The lowest BCUT2D eigenvalue weighted by Gasteiger charge is -2.07. The molecule has 0 atom stereocenters. The summed E-state index contributed by atoms with van der Waals surface area (Å²) in [6.07, 6.45) is 10.9. The number of fused-ring (bicyclic) bond motifs is 3. The molecule has 0 saturated carbocycles. The van der Waals surface area contributed by atoms with Crippen LogP contribution in [-0.2, 0) is 6.54 Å². The smallest absolute Gasteiger partial charge is 0.0491 e. The highest BCUT2D eigenvalue weighted by Crippen LogP contribution is 2.29. The highest BCUT2D eigenvalue weighted by molar-refractivity contribution is 9.09. The monoisotopic (exact) mass is 385 g/mol. The number of aryl methyl sites for hydroxylation is 1. The maximum Gasteiger partial charge on any atom is 0.0491 e. The molecule has 1 aromatic heterocycles. The van der Waals surface area contributed by atoms with Gasteiger partial charge >= 0.3 is 0 Å². The molecule has 0 radical (unpaired) electrons. The first-order chi connectivity index (χ1) is 11.9. The predicted octanol–water partition coefficient (Wildman–Crippen LogP) is 7.31. The number of nitrogens with zero attached hydrogens (tertiary/aromatic N) is 1. The molecule has 0 aliphatic rings. The average molecular weight is 386 g/mol. The normalized spacial score (nSPS) is 11.5. The molecule has 0 fully saturated rings. The number of alkyl halides is 1. The molecule has 0 saturated heterocycles. The van der Waals surface area contributed by atoms with Crippen LogP contribution in [0.2, 0.25) is 0 Å². The summed E-state index contributed by atoms with van der Waals surface area (Å²) in [7, 11) is 0. The van der Waals surface area contributed by atoms with Crippen molar-refractivity contribution in [1.82, 2.24) is 4.57 Å². The summed E-state index contributed by atoms with van der Waals surface area (Å²) in [5, 5.41) is 3.94. The fourth-order valence-electron chi connectivity index (χ4n) is 3.67. The van der Waals surface area contributed by atoms with Gasteiger partial charge in [0, 0.05) is 33.7 Å². The van der Waals surface area contributed by atoms with Crippen molar-refractivity contribution in [1.29, 1.82) is 0 Å². The Balaban J connectivity index is 1.54. The van der Waals surface area contributed by atoms with Gasteiger partial charge in [0.05, 0.1) is 0 Å². The van der Waals surface area contributed by atoms with E-state index in [1.54, 1.807) is 0 Å². The van der Waals surface area contributed by atoms with E-state index in [1.165, 1.54) is 73.2 Å². The van der Waals surface area contributed by atoms with Crippen LogP contribution in [0.15, 0.2) is 48.5 Å². The molecule has 128 valence electrons. The molecule has 1 nitrogen and oxygen atoms in total. The first kappa shape index (κ1) is 17.5. The van der Waals surface area contributed by atoms with Gasteiger partial charge < -0.3 is 4.57 Å². The molecule has 24 heavy (non-hydrogen) atoms. The van der Waals surface area contributed by atoms with Crippen LogP contribution in [0, 0.1) is 0 Å². The van der Waals surface area contributed by atoms with Gasteiger partial charge in [-0.15, -0.1) is 0 Å². The third kappa shape index (κ3) is 4.22. The molecule has 0 amide bonds. The van der Waals surface area contributed by atoms with Crippen LogP contribution in [-0.4, -0.2) is 9.90 Å². The van der Waals surface area contributed by atoms with E-state index in [2.05, 4.69) is 69.0 Å². The van der Waals surface area contributed by atoms with Gasteiger partial charge in [-0.2, -0.15) is 0 Å². The number of benzene rings is 2. The van der Waals surface area contributed by atoms with Gasteiger partial charge in [-0.1, -0.05) is 90.9 Å². The van der Waals surface area contributed by atoms with Gasteiger partial charge in [-0.05, 0) is 25.0 Å². The van der Waals surface area contributed by atoms with E-state index in [1.807, 2.05) is 0 Å². The minimum atomic E-state index is 1.14. The van der Waals surface area contributed by atoms with Crippen molar-refractivity contribution in [2.45, 2.75) is 57.9 Å². The van der Waals surface area contributed by atoms with Gasteiger partial charge in [0.15, 0.2) is 0 Å². The zero-order valence-electron chi connectivity index (χ0n) is 14.5. The van der Waals surface area contributed by atoms with Crippen molar-refractivity contribution in [3.05, 3.63) is 48.5 Å². The Labute approximate surface area is 154 Å². The lowest BCUT2D eigenvalue weighted by atomic mass is 10.1. The zero-order chi connectivity index (χ0) is 16.6. The number of aromatic nitrogens is 1. The van der Waals surface area contributed by atoms with Gasteiger partial charge in [0.1, 0.15) is 0 Å². The summed E-state index contributed by atoms with van der Waals surface area (Å²) in [5.41, 5.74) is 2.77. The fourth-order valence-corrected chi connectivity index (χ4v) is 4.07. The second kappa shape index (κ2) is 9.27. The Morgan fingerprint density at radius 1 is 0.583 bits per heavy atom. The Morgan fingerprint density at radius 3 is 1.58 bits per heavy atom. The van der Waals surface area contributed by atoms with Crippen LogP contribution in [0.3, 0.4) is 0 Å². The maximum atomic E-state index is 3.50. The van der Waals surface area contributed by atoms with E-state index in [0.29, 0.717) is 0 Å². The van der Waals surface area contributed by atoms with Crippen LogP contribution in [0.4, 0.5) is 0 Å². The summed E-state index contributed by atoms with van der Waals surface area (Å²) >= 11 is 3.50. The minimum Gasteiger partial charge on any atom is -0.340 e. The molecule has 0 unspecified atom stereocenters. The maximum absolute atomic E-state index is 3.50. The second-order valence-electron chi connectivity index (χ2n) is 6.70. The van der Waals surface area contributed by atoms with Crippen LogP contribution < -0.4 is 0 Å². The molecule has 0 aliphatic heterocycles. The fraction of sp³-hybridized carbons (Fsp3) is 0.455. The van der Waals surface area contributed by atoms with Gasteiger partial charge in [0.25, 0.3) is 0 Å². The highest BCUT2D eigenvalue weighted by Gasteiger charge is 2.08. The average Bonchev–Trinajstić information content (AvgIpc) is 2.95. The number of para-hydroxylation sites is 2. The number of hydrogen-bond acceptors (Lipinski definition) is 0. The van der Waals surface area contributed by atoms with Crippen LogP contribution >= 0.6 is 15.9 Å². The molecule has 0 spiro atoms. The molecule has 0 N–H and O–H groups in total. The number of unbranched alkanes of at least 4 members (excludes halogenated alkanes) is 7. The largest absolute Gasteiger partial charge is 0.340 e. The molecular weight excluding hydrogens is 358 g/mol. The molecule has 0 aliphatic carbocycles. The van der Waals surface area contributed by atoms with E-state index in [4.69, 9.17) is 0 Å². The quantitative estimate of drug-likeness (QED) is 0.254. The standard InChI is InChI=1S/C22H28BrN/c23-17-11-5-3-1-2-4-6-12-18-24-21-15-9-7-13-19(21)20-14-8-10-16-22(20)24/h7-10,13-16H,1-6,11-12,17-18H2. The van der Waals surface area contributed by atoms with Gasteiger partial charge in [-0.3, -0.25) is 0 Å². The Morgan fingerprint density at radius 2 is 1.04 bits per heavy atom. The topological polar surface area (TPSA) is 4.93 Å². The Kier molecular flexibility index (Phi) is 6.77. The molecule has 2 heteroatoms. The number of hydrogen-bond donors (Lipinski definition) is 0. The van der Waals surface area contributed by atoms with Crippen molar-refractivity contribution in [3.8, 4) is 0 Å². The first-order valence-corrected chi connectivity index (χ1v) is 10.6. The molecule has 3 rings (SSSR count). The van der Waals surface area contributed by atoms with E-state index in [9.17, 15) is 0 Å². The Hall–Kier alpha value is -1.28. The van der Waals surface area contributed by atoms with Gasteiger partial charge in [-0.25, -0.2) is 0 Å². The lowest BCUT2D eigenvalue weighted by Crippen LogP contribution is -1.97. The van der Waals surface area contributed by atoms with Gasteiger partial charge in [0.2, 0.25) is 0 Å². The third-order valence-corrected chi connectivity index (χ3v) is 5.51. The predicted molar refractivity (Wildman–Crippen MR) is 110 cm³/mol. The zero-order valence-corrected chi connectivity index (χ0v) is 16.1. The highest BCUT2D eigenvalue weighted by atomic mass is 79.9.